The van der Waals surface area contributed by atoms with Crippen molar-refractivity contribution in [2.24, 2.45) is 0 Å². The molecule has 0 spiro atoms. The molecule has 2 N–H and O–H groups in total. The van der Waals surface area contributed by atoms with Gasteiger partial charge in [-0.25, -0.2) is 0 Å². The predicted octanol–water partition coefficient (Wildman–Crippen LogP) is 1.93. The molecular weight excluding hydrogens is 364 g/mol. The molecule has 0 radical (unpaired) electrons. The van der Waals surface area contributed by atoms with Gasteiger partial charge in [-0.3, -0.25) is 4.79 Å². The fourth-order valence-electron chi connectivity index (χ4n) is 1.73. The molecule has 18 heavy (non-hydrogen) atoms. The Hall–Kier alpha value is -0.430. The van der Waals surface area contributed by atoms with Gasteiger partial charge in [0.2, 0.25) is 0 Å². The molecule has 98 valence electrons. The molecule has 0 aliphatic carbocycles. The second-order valence-electron chi connectivity index (χ2n) is 4.06. The van der Waals surface area contributed by atoms with Gasteiger partial charge in [-0.2, -0.15) is 0 Å². The zero-order valence-corrected chi connectivity index (χ0v) is 12.9. The number of carbonyl (C=O) groups excluding carboxylic acids is 1. The van der Waals surface area contributed by atoms with Crippen LogP contribution in [0.5, 0.6) is 0 Å². The van der Waals surface area contributed by atoms with Gasteiger partial charge in [0, 0.05) is 28.1 Å². The smallest absolute Gasteiger partial charge is 0.252 e. The molecule has 0 saturated carbocycles. The molecular formula is C12H14Br2N2O2. The monoisotopic (exact) mass is 376 g/mol. The van der Waals surface area contributed by atoms with Crippen LogP contribution in [0.3, 0.4) is 0 Å². The van der Waals surface area contributed by atoms with Crippen molar-refractivity contribution >= 4 is 37.8 Å². The van der Waals surface area contributed by atoms with Gasteiger partial charge in [-0.15, -0.1) is 0 Å². The Labute approximate surface area is 123 Å². The van der Waals surface area contributed by atoms with E-state index in [2.05, 4.69) is 42.5 Å². The van der Waals surface area contributed by atoms with Crippen LogP contribution in [0, 0.1) is 0 Å². The molecule has 0 aromatic heterocycles. The molecule has 1 amide bonds. The number of benzene rings is 1. The van der Waals surface area contributed by atoms with Crippen LogP contribution in [0.2, 0.25) is 0 Å². The summed E-state index contributed by atoms with van der Waals surface area (Å²) in [7, 11) is 0. The van der Waals surface area contributed by atoms with Crippen molar-refractivity contribution in [1.82, 2.24) is 10.6 Å². The number of amides is 1. The molecule has 1 saturated heterocycles. The minimum absolute atomic E-state index is 0.0875. The highest BCUT2D eigenvalue weighted by atomic mass is 79.9. The molecule has 4 nitrogen and oxygen atoms in total. The number of halogens is 2. The van der Waals surface area contributed by atoms with E-state index >= 15 is 0 Å². The van der Waals surface area contributed by atoms with E-state index in [-0.39, 0.29) is 11.9 Å². The Morgan fingerprint density at radius 2 is 2.33 bits per heavy atom. The minimum Gasteiger partial charge on any atom is -0.378 e. The van der Waals surface area contributed by atoms with Crippen LogP contribution in [-0.2, 0) is 4.74 Å². The number of hydrogen-bond acceptors (Lipinski definition) is 3. The topological polar surface area (TPSA) is 50.4 Å². The lowest BCUT2D eigenvalue weighted by Gasteiger charge is -2.24. The van der Waals surface area contributed by atoms with Gasteiger partial charge in [0.15, 0.2) is 0 Å². The molecule has 1 aromatic carbocycles. The van der Waals surface area contributed by atoms with Crippen LogP contribution in [-0.4, -0.2) is 38.3 Å². The lowest BCUT2D eigenvalue weighted by Crippen LogP contribution is -2.48. The summed E-state index contributed by atoms with van der Waals surface area (Å²) < 4.78 is 7.00. The zero-order valence-electron chi connectivity index (χ0n) is 9.71. The Bertz CT molecular complexity index is 434. The third-order valence-electron chi connectivity index (χ3n) is 2.68. The van der Waals surface area contributed by atoms with Gasteiger partial charge in [-0.05, 0) is 34.1 Å². The minimum atomic E-state index is -0.0875. The van der Waals surface area contributed by atoms with Crippen LogP contribution in [0.4, 0.5) is 0 Å². The Balaban J connectivity index is 1.92. The van der Waals surface area contributed by atoms with Crippen molar-refractivity contribution in [3.05, 3.63) is 32.7 Å². The van der Waals surface area contributed by atoms with E-state index in [0.29, 0.717) is 18.7 Å². The molecule has 1 unspecified atom stereocenters. The maximum atomic E-state index is 12.0. The number of hydrogen-bond donors (Lipinski definition) is 2. The summed E-state index contributed by atoms with van der Waals surface area (Å²) in [6.45, 7) is 2.78. The standard InChI is InChI=1S/C12H14Br2N2O2/c13-8-1-2-11(14)10(5-8)12(17)16-6-9-7-18-4-3-15-9/h1-2,5,9,15H,3-4,6-7H2,(H,16,17). The Morgan fingerprint density at radius 3 is 3.06 bits per heavy atom. The van der Waals surface area contributed by atoms with Gasteiger partial charge >= 0.3 is 0 Å². The van der Waals surface area contributed by atoms with Crippen molar-refractivity contribution in [3.63, 3.8) is 0 Å². The number of rotatable bonds is 3. The molecule has 1 atom stereocenters. The summed E-state index contributed by atoms with van der Waals surface area (Å²) in [4.78, 5) is 12.0. The normalized spacial score (nSPS) is 19.6. The first-order valence-corrected chi connectivity index (χ1v) is 7.30. The van der Waals surface area contributed by atoms with Crippen LogP contribution in [0.1, 0.15) is 10.4 Å². The molecule has 1 fully saturated rings. The zero-order chi connectivity index (χ0) is 13.0. The molecule has 0 bridgehead atoms. The van der Waals surface area contributed by atoms with Crippen LogP contribution >= 0.6 is 31.9 Å². The van der Waals surface area contributed by atoms with Crippen molar-refractivity contribution in [2.45, 2.75) is 6.04 Å². The first-order valence-electron chi connectivity index (χ1n) is 5.71. The molecule has 1 aromatic rings. The molecule has 1 aliphatic rings. The summed E-state index contributed by atoms with van der Waals surface area (Å²) in [6.07, 6.45) is 0. The van der Waals surface area contributed by atoms with Crippen LogP contribution in [0.25, 0.3) is 0 Å². The van der Waals surface area contributed by atoms with Crippen LogP contribution < -0.4 is 10.6 Å². The Morgan fingerprint density at radius 1 is 1.50 bits per heavy atom. The SMILES string of the molecule is O=C(NCC1COCCN1)c1cc(Br)ccc1Br. The Kier molecular flexibility index (Phi) is 5.17. The lowest BCUT2D eigenvalue weighted by atomic mass is 10.2. The highest BCUT2D eigenvalue weighted by molar-refractivity contribution is 9.11. The van der Waals surface area contributed by atoms with E-state index in [1.807, 2.05) is 12.1 Å². The third kappa shape index (κ3) is 3.78. The van der Waals surface area contributed by atoms with Gasteiger partial charge in [0.25, 0.3) is 5.91 Å². The van der Waals surface area contributed by atoms with E-state index < -0.39 is 0 Å². The second kappa shape index (κ2) is 6.65. The molecule has 1 heterocycles. The van der Waals surface area contributed by atoms with Gasteiger partial charge < -0.3 is 15.4 Å². The van der Waals surface area contributed by atoms with E-state index in [9.17, 15) is 4.79 Å². The lowest BCUT2D eigenvalue weighted by molar-refractivity contribution is 0.0734. The first-order chi connectivity index (χ1) is 8.66. The average molecular weight is 378 g/mol. The van der Waals surface area contributed by atoms with Gasteiger partial charge in [0.1, 0.15) is 0 Å². The predicted molar refractivity (Wildman–Crippen MR) is 76.8 cm³/mol. The van der Waals surface area contributed by atoms with Crippen molar-refractivity contribution in [3.8, 4) is 0 Å². The number of carbonyl (C=O) groups is 1. The van der Waals surface area contributed by atoms with Crippen LogP contribution in [0.15, 0.2) is 27.1 Å². The van der Waals surface area contributed by atoms with E-state index in [0.717, 1.165) is 22.1 Å². The second-order valence-corrected chi connectivity index (χ2v) is 5.83. The first kappa shape index (κ1) is 14.0. The summed E-state index contributed by atoms with van der Waals surface area (Å²) >= 11 is 6.73. The summed E-state index contributed by atoms with van der Waals surface area (Å²) in [5.41, 5.74) is 0.626. The number of nitrogens with one attached hydrogen (secondary N) is 2. The summed E-state index contributed by atoms with van der Waals surface area (Å²) in [6, 6.07) is 5.72. The van der Waals surface area contributed by atoms with E-state index in [1.54, 1.807) is 6.07 Å². The maximum Gasteiger partial charge on any atom is 0.252 e. The van der Waals surface area contributed by atoms with Crippen molar-refractivity contribution in [1.29, 1.82) is 0 Å². The fourth-order valence-corrected chi connectivity index (χ4v) is 2.52. The fraction of sp³-hybridized carbons (Fsp3) is 0.417. The molecule has 6 heteroatoms. The van der Waals surface area contributed by atoms with E-state index in [4.69, 9.17) is 4.74 Å². The highest BCUT2D eigenvalue weighted by Crippen LogP contribution is 2.21. The quantitative estimate of drug-likeness (QED) is 0.846. The molecule has 1 aliphatic heterocycles. The molecule has 2 rings (SSSR count). The largest absolute Gasteiger partial charge is 0.378 e. The van der Waals surface area contributed by atoms with Crippen molar-refractivity contribution in [2.75, 3.05) is 26.3 Å². The number of ether oxygens (including phenoxy) is 1. The third-order valence-corrected chi connectivity index (χ3v) is 3.87. The number of morpholine rings is 1. The van der Waals surface area contributed by atoms with Crippen molar-refractivity contribution < 1.29 is 9.53 Å². The van der Waals surface area contributed by atoms with E-state index in [1.165, 1.54) is 0 Å². The average Bonchev–Trinajstić information content (AvgIpc) is 2.40. The highest BCUT2D eigenvalue weighted by Gasteiger charge is 2.15. The van der Waals surface area contributed by atoms with Gasteiger partial charge in [-0.1, -0.05) is 15.9 Å². The summed E-state index contributed by atoms with van der Waals surface area (Å²) in [5, 5.41) is 6.20. The van der Waals surface area contributed by atoms with Gasteiger partial charge in [0.05, 0.1) is 18.8 Å². The summed E-state index contributed by atoms with van der Waals surface area (Å²) in [5.74, 6) is -0.0875. The maximum absolute atomic E-state index is 12.0.